The van der Waals surface area contributed by atoms with Gasteiger partial charge in [0.05, 0.1) is 10.4 Å². The van der Waals surface area contributed by atoms with Crippen LogP contribution in [0.5, 0.6) is 0 Å². The van der Waals surface area contributed by atoms with E-state index >= 15 is 0 Å². The third kappa shape index (κ3) is 4.68. The third-order valence-electron chi connectivity index (χ3n) is 6.57. The molecule has 0 atom stereocenters. The Morgan fingerprint density at radius 2 is 1.79 bits per heavy atom. The molecule has 0 unspecified atom stereocenters. The molecule has 2 aromatic heterocycles. The SMILES string of the molecule is Cc1cccc(N(CC(=O)NC2CCCCC2)C(=O)c2cc3cc4cccc(C)c4nc3s2)c1. The number of hydrogen-bond donors (Lipinski definition) is 1. The molecular weight excluding hydrogens is 442 g/mol. The molecule has 2 amide bonds. The number of anilines is 1. The van der Waals surface area contributed by atoms with Crippen molar-refractivity contribution in [1.82, 2.24) is 10.3 Å². The van der Waals surface area contributed by atoms with Gasteiger partial charge in [-0.3, -0.25) is 14.5 Å². The third-order valence-corrected chi connectivity index (χ3v) is 7.61. The molecular formula is C28H29N3O2S. The van der Waals surface area contributed by atoms with Crippen LogP contribution in [0.15, 0.2) is 54.6 Å². The van der Waals surface area contributed by atoms with Crippen LogP contribution < -0.4 is 10.2 Å². The van der Waals surface area contributed by atoms with Crippen molar-refractivity contribution in [2.75, 3.05) is 11.4 Å². The van der Waals surface area contributed by atoms with Gasteiger partial charge in [-0.1, -0.05) is 49.6 Å². The number of nitrogens with one attached hydrogen (secondary N) is 1. The first kappa shape index (κ1) is 22.5. The molecule has 0 saturated heterocycles. The van der Waals surface area contributed by atoms with Crippen LogP contribution in [0.4, 0.5) is 5.69 Å². The van der Waals surface area contributed by atoms with Gasteiger partial charge >= 0.3 is 0 Å². The number of para-hydroxylation sites is 1. The Hall–Kier alpha value is -3.25. The molecule has 5 nitrogen and oxygen atoms in total. The van der Waals surface area contributed by atoms with E-state index in [9.17, 15) is 9.59 Å². The second kappa shape index (κ2) is 9.55. The van der Waals surface area contributed by atoms with E-state index in [2.05, 4.69) is 11.4 Å². The number of rotatable bonds is 5. The predicted octanol–water partition coefficient (Wildman–Crippen LogP) is 6.16. The van der Waals surface area contributed by atoms with Crippen molar-refractivity contribution >= 4 is 50.0 Å². The lowest BCUT2D eigenvalue weighted by Crippen LogP contribution is -2.44. The van der Waals surface area contributed by atoms with Crippen molar-refractivity contribution in [3.05, 3.63) is 70.6 Å². The zero-order chi connectivity index (χ0) is 23.7. The highest BCUT2D eigenvalue weighted by Gasteiger charge is 2.25. The van der Waals surface area contributed by atoms with Gasteiger partial charge < -0.3 is 5.32 Å². The lowest BCUT2D eigenvalue weighted by Gasteiger charge is -2.26. The number of benzene rings is 2. The molecule has 2 heterocycles. The van der Waals surface area contributed by atoms with Gasteiger partial charge in [-0.25, -0.2) is 4.98 Å². The zero-order valence-corrected chi connectivity index (χ0v) is 20.5. The second-order valence-electron chi connectivity index (χ2n) is 9.27. The van der Waals surface area contributed by atoms with Crippen LogP contribution in [0.3, 0.4) is 0 Å². The van der Waals surface area contributed by atoms with Gasteiger partial charge in [-0.2, -0.15) is 0 Å². The van der Waals surface area contributed by atoms with Gasteiger partial charge in [0.25, 0.3) is 5.91 Å². The molecule has 1 fully saturated rings. The summed E-state index contributed by atoms with van der Waals surface area (Å²) in [6, 6.07) is 18.1. The number of amides is 2. The first-order valence-electron chi connectivity index (χ1n) is 12.0. The highest BCUT2D eigenvalue weighted by molar-refractivity contribution is 7.20. The van der Waals surface area contributed by atoms with E-state index in [-0.39, 0.29) is 24.4 Å². The largest absolute Gasteiger partial charge is 0.352 e. The lowest BCUT2D eigenvalue weighted by molar-refractivity contribution is -0.120. The molecule has 6 heteroatoms. The smallest absolute Gasteiger partial charge is 0.268 e. The maximum absolute atomic E-state index is 13.7. The van der Waals surface area contributed by atoms with Gasteiger partial charge in [0, 0.05) is 22.5 Å². The number of carbonyl (C=O) groups excluding carboxylic acids is 2. The summed E-state index contributed by atoms with van der Waals surface area (Å²) < 4.78 is 0. The van der Waals surface area contributed by atoms with Crippen molar-refractivity contribution in [1.29, 1.82) is 0 Å². The Bertz CT molecular complexity index is 1370. The van der Waals surface area contributed by atoms with Crippen LogP contribution in [-0.4, -0.2) is 29.4 Å². The molecule has 1 N–H and O–H groups in total. The van der Waals surface area contributed by atoms with Crippen molar-refractivity contribution in [3.8, 4) is 0 Å². The van der Waals surface area contributed by atoms with Crippen molar-refractivity contribution in [2.45, 2.75) is 52.0 Å². The molecule has 1 aliphatic rings. The predicted molar refractivity (Wildman–Crippen MR) is 140 cm³/mol. The molecule has 5 rings (SSSR count). The normalized spacial score (nSPS) is 14.4. The molecule has 0 radical (unpaired) electrons. The quantitative estimate of drug-likeness (QED) is 0.379. The van der Waals surface area contributed by atoms with E-state index in [1.54, 1.807) is 4.90 Å². The average Bonchev–Trinajstić information content (AvgIpc) is 3.25. The summed E-state index contributed by atoms with van der Waals surface area (Å²) in [7, 11) is 0. The Balaban J connectivity index is 1.46. The van der Waals surface area contributed by atoms with Crippen LogP contribution >= 0.6 is 11.3 Å². The van der Waals surface area contributed by atoms with Gasteiger partial charge in [-0.05, 0) is 62.1 Å². The van der Waals surface area contributed by atoms with Crippen LogP contribution in [0.2, 0.25) is 0 Å². The van der Waals surface area contributed by atoms with Gasteiger partial charge in [-0.15, -0.1) is 11.3 Å². The summed E-state index contributed by atoms with van der Waals surface area (Å²) in [6.07, 6.45) is 5.55. The zero-order valence-electron chi connectivity index (χ0n) is 19.6. The maximum atomic E-state index is 13.7. The number of aryl methyl sites for hydroxylation is 2. The summed E-state index contributed by atoms with van der Waals surface area (Å²) >= 11 is 1.38. The molecule has 34 heavy (non-hydrogen) atoms. The summed E-state index contributed by atoms with van der Waals surface area (Å²) in [5.41, 5.74) is 3.85. The molecule has 0 aliphatic heterocycles. The number of pyridine rings is 1. The summed E-state index contributed by atoms with van der Waals surface area (Å²) in [4.78, 5) is 34.6. The van der Waals surface area contributed by atoms with Crippen LogP contribution in [0.1, 0.15) is 52.9 Å². The van der Waals surface area contributed by atoms with E-state index in [1.807, 2.05) is 62.4 Å². The fraction of sp³-hybridized carbons (Fsp3) is 0.321. The standard InChI is InChI=1S/C28H29N3O2S/c1-18-8-6-13-23(14-18)31(17-25(32)29-22-11-4-3-5-12-22)28(33)24-16-21-15-20-10-7-9-19(2)26(20)30-27(21)34-24/h6-10,13-16,22H,3-5,11-12,17H2,1-2H3,(H,29,32). The van der Waals surface area contributed by atoms with E-state index < -0.39 is 0 Å². The number of hydrogen-bond acceptors (Lipinski definition) is 4. The van der Waals surface area contributed by atoms with E-state index in [0.717, 1.165) is 63.6 Å². The molecule has 2 aromatic carbocycles. The molecule has 0 spiro atoms. The number of fused-ring (bicyclic) bond motifs is 2. The number of carbonyl (C=O) groups is 2. The number of thiophene rings is 1. The summed E-state index contributed by atoms with van der Waals surface area (Å²) in [6.45, 7) is 4.04. The van der Waals surface area contributed by atoms with Gasteiger partial charge in [0.15, 0.2) is 0 Å². The van der Waals surface area contributed by atoms with Gasteiger partial charge in [0.2, 0.25) is 5.91 Å². The molecule has 1 saturated carbocycles. The monoisotopic (exact) mass is 471 g/mol. The minimum Gasteiger partial charge on any atom is -0.352 e. The second-order valence-corrected chi connectivity index (χ2v) is 10.3. The summed E-state index contributed by atoms with van der Waals surface area (Å²) in [5.74, 6) is -0.282. The Kier molecular flexibility index (Phi) is 6.33. The minimum atomic E-state index is -0.173. The van der Waals surface area contributed by atoms with Crippen LogP contribution in [0.25, 0.3) is 21.1 Å². The fourth-order valence-electron chi connectivity index (χ4n) is 4.78. The maximum Gasteiger partial charge on any atom is 0.268 e. The van der Waals surface area contributed by atoms with E-state index in [0.29, 0.717) is 4.88 Å². The fourth-order valence-corrected chi connectivity index (χ4v) is 5.75. The number of nitrogens with zero attached hydrogens (tertiary/aromatic N) is 2. The van der Waals surface area contributed by atoms with E-state index in [1.165, 1.54) is 17.8 Å². The molecule has 0 bridgehead atoms. The van der Waals surface area contributed by atoms with E-state index in [4.69, 9.17) is 4.98 Å². The van der Waals surface area contributed by atoms with Crippen molar-refractivity contribution in [3.63, 3.8) is 0 Å². The average molecular weight is 472 g/mol. The highest BCUT2D eigenvalue weighted by Crippen LogP contribution is 2.30. The number of aromatic nitrogens is 1. The van der Waals surface area contributed by atoms with Crippen LogP contribution in [-0.2, 0) is 4.79 Å². The molecule has 174 valence electrons. The Labute approximate surface area is 203 Å². The Morgan fingerprint density at radius 3 is 2.59 bits per heavy atom. The first-order valence-corrected chi connectivity index (χ1v) is 12.8. The lowest BCUT2D eigenvalue weighted by atomic mass is 9.95. The van der Waals surface area contributed by atoms with Crippen LogP contribution in [0, 0.1) is 13.8 Å². The highest BCUT2D eigenvalue weighted by atomic mass is 32.1. The Morgan fingerprint density at radius 1 is 1.00 bits per heavy atom. The van der Waals surface area contributed by atoms with Gasteiger partial charge in [0.1, 0.15) is 11.4 Å². The molecule has 4 aromatic rings. The topological polar surface area (TPSA) is 62.3 Å². The summed E-state index contributed by atoms with van der Waals surface area (Å²) in [5, 5.41) is 5.16. The minimum absolute atomic E-state index is 0.00153. The molecule has 1 aliphatic carbocycles. The van der Waals surface area contributed by atoms with Crippen molar-refractivity contribution in [2.24, 2.45) is 0 Å². The van der Waals surface area contributed by atoms with Crippen molar-refractivity contribution < 1.29 is 9.59 Å². The first-order chi connectivity index (χ1) is 16.5.